The van der Waals surface area contributed by atoms with Gasteiger partial charge in [-0.2, -0.15) is 0 Å². The Morgan fingerprint density at radius 2 is 2.11 bits per heavy atom. The van der Waals surface area contributed by atoms with Crippen molar-refractivity contribution in [3.05, 3.63) is 48.3 Å². The molecule has 0 fully saturated rings. The standard InChI is InChI=1S/C14H14N2O3/c15-8-14(11-3-1-2-6-16-11)19-10-4-5-12-13(7-10)18-9-17-12/h1-7,14H,8-9,15H2. The van der Waals surface area contributed by atoms with Crippen LogP contribution in [0.2, 0.25) is 0 Å². The quantitative estimate of drug-likeness (QED) is 0.907. The molecule has 0 saturated heterocycles. The monoisotopic (exact) mass is 258 g/mol. The molecule has 1 aromatic heterocycles. The number of pyridine rings is 1. The van der Waals surface area contributed by atoms with Crippen molar-refractivity contribution in [1.82, 2.24) is 4.98 Å². The number of nitrogens with zero attached hydrogens (tertiary/aromatic N) is 1. The van der Waals surface area contributed by atoms with Crippen molar-refractivity contribution in [2.75, 3.05) is 13.3 Å². The van der Waals surface area contributed by atoms with E-state index < -0.39 is 0 Å². The van der Waals surface area contributed by atoms with E-state index in [1.165, 1.54) is 0 Å². The van der Waals surface area contributed by atoms with E-state index in [2.05, 4.69) is 4.98 Å². The van der Waals surface area contributed by atoms with Crippen LogP contribution in [0.4, 0.5) is 0 Å². The Bertz CT molecular complexity index is 560. The summed E-state index contributed by atoms with van der Waals surface area (Å²) in [4.78, 5) is 4.26. The molecule has 1 unspecified atom stereocenters. The minimum Gasteiger partial charge on any atom is -0.483 e. The van der Waals surface area contributed by atoms with Crippen molar-refractivity contribution >= 4 is 0 Å². The van der Waals surface area contributed by atoms with E-state index in [1.54, 1.807) is 12.3 Å². The summed E-state index contributed by atoms with van der Waals surface area (Å²) in [6.07, 6.45) is 1.45. The first kappa shape index (κ1) is 11.8. The first-order valence-electron chi connectivity index (χ1n) is 6.04. The van der Waals surface area contributed by atoms with Crippen LogP contribution in [0.5, 0.6) is 17.2 Å². The second kappa shape index (κ2) is 5.16. The largest absolute Gasteiger partial charge is 0.483 e. The van der Waals surface area contributed by atoms with Crippen LogP contribution in [-0.4, -0.2) is 18.3 Å². The summed E-state index contributed by atoms with van der Waals surface area (Å²) in [5.74, 6) is 2.11. The molecular weight excluding hydrogens is 244 g/mol. The number of hydrogen-bond acceptors (Lipinski definition) is 5. The van der Waals surface area contributed by atoms with Crippen LogP contribution < -0.4 is 19.9 Å². The second-order valence-electron chi connectivity index (χ2n) is 4.11. The summed E-state index contributed by atoms with van der Waals surface area (Å²) in [6, 6.07) is 11.1. The predicted octanol–water partition coefficient (Wildman–Crippen LogP) is 1.89. The van der Waals surface area contributed by atoms with Gasteiger partial charge in [0.2, 0.25) is 6.79 Å². The van der Waals surface area contributed by atoms with Gasteiger partial charge in [-0.1, -0.05) is 6.07 Å². The molecule has 3 rings (SSSR count). The fourth-order valence-corrected chi connectivity index (χ4v) is 1.91. The molecule has 0 radical (unpaired) electrons. The highest BCUT2D eigenvalue weighted by atomic mass is 16.7. The van der Waals surface area contributed by atoms with Gasteiger partial charge in [-0.25, -0.2) is 0 Å². The van der Waals surface area contributed by atoms with Crippen molar-refractivity contribution in [2.24, 2.45) is 5.73 Å². The maximum Gasteiger partial charge on any atom is 0.231 e. The number of nitrogens with two attached hydrogens (primary N) is 1. The van der Waals surface area contributed by atoms with Crippen LogP contribution in [0.25, 0.3) is 0 Å². The fraction of sp³-hybridized carbons (Fsp3) is 0.214. The van der Waals surface area contributed by atoms with Crippen LogP contribution in [0, 0.1) is 0 Å². The van der Waals surface area contributed by atoms with Crippen LogP contribution in [0.15, 0.2) is 42.6 Å². The van der Waals surface area contributed by atoms with Crippen molar-refractivity contribution in [1.29, 1.82) is 0 Å². The zero-order valence-corrected chi connectivity index (χ0v) is 10.3. The van der Waals surface area contributed by atoms with E-state index in [1.807, 2.05) is 30.3 Å². The van der Waals surface area contributed by atoms with Gasteiger partial charge >= 0.3 is 0 Å². The number of ether oxygens (including phenoxy) is 3. The topological polar surface area (TPSA) is 66.6 Å². The van der Waals surface area contributed by atoms with Crippen molar-refractivity contribution in [2.45, 2.75) is 6.10 Å². The Kier molecular flexibility index (Phi) is 3.20. The van der Waals surface area contributed by atoms with Gasteiger partial charge in [-0.15, -0.1) is 0 Å². The molecule has 0 saturated carbocycles. The molecular formula is C14H14N2O3. The average molecular weight is 258 g/mol. The minimum absolute atomic E-state index is 0.249. The molecule has 1 aliphatic heterocycles. The maximum absolute atomic E-state index is 5.85. The lowest BCUT2D eigenvalue weighted by molar-refractivity contribution is 0.173. The molecule has 5 heteroatoms. The molecule has 2 heterocycles. The lowest BCUT2D eigenvalue weighted by Gasteiger charge is -2.17. The van der Waals surface area contributed by atoms with Crippen molar-refractivity contribution in [3.63, 3.8) is 0 Å². The average Bonchev–Trinajstić information content (AvgIpc) is 2.93. The third-order valence-electron chi connectivity index (χ3n) is 2.85. The molecule has 0 bridgehead atoms. The number of aromatic nitrogens is 1. The molecule has 1 aromatic carbocycles. The molecule has 2 N–H and O–H groups in total. The van der Waals surface area contributed by atoms with E-state index >= 15 is 0 Å². The lowest BCUT2D eigenvalue weighted by Crippen LogP contribution is -2.19. The second-order valence-corrected chi connectivity index (χ2v) is 4.11. The Labute approximate surface area is 110 Å². The van der Waals surface area contributed by atoms with Crippen molar-refractivity contribution < 1.29 is 14.2 Å². The van der Waals surface area contributed by atoms with E-state index in [0.717, 1.165) is 11.4 Å². The van der Waals surface area contributed by atoms with Gasteiger partial charge in [0.05, 0.1) is 5.69 Å². The zero-order valence-electron chi connectivity index (χ0n) is 10.3. The summed E-state index contributed by atoms with van der Waals surface area (Å²) < 4.78 is 16.4. The number of rotatable bonds is 4. The molecule has 98 valence electrons. The summed E-state index contributed by atoms with van der Waals surface area (Å²) >= 11 is 0. The van der Waals surface area contributed by atoms with Gasteiger partial charge in [-0.3, -0.25) is 4.98 Å². The predicted molar refractivity (Wildman–Crippen MR) is 69.2 cm³/mol. The number of hydrogen-bond donors (Lipinski definition) is 1. The summed E-state index contributed by atoms with van der Waals surface area (Å²) in [7, 11) is 0. The van der Waals surface area contributed by atoms with Gasteiger partial charge in [0.15, 0.2) is 17.6 Å². The first-order valence-corrected chi connectivity index (χ1v) is 6.04. The molecule has 0 amide bonds. The van der Waals surface area contributed by atoms with Crippen LogP contribution in [0.1, 0.15) is 11.8 Å². The normalized spacial score (nSPS) is 14.2. The highest BCUT2D eigenvalue weighted by molar-refractivity contribution is 5.47. The smallest absolute Gasteiger partial charge is 0.231 e. The Morgan fingerprint density at radius 1 is 1.21 bits per heavy atom. The molecule has 0 aliphatic carbocycles. The summed E-state index contributed by atoms with van der Waals surface area (Å²) in [5.41, 5.74) is 6.55. The molecule has 5 nitrogen and oxygen atoms in total. The first-order chi connectivity index (χ1) is 9.36. The number of benzene rings is 1. The lowest BCUT2D eigenvalue weighted by atomic mass is 10.2. The highest BCUT2D eigenvalue weighted by Gasteiger charge is 2.17. The molecule has 1 aliphatic rings. The van der Waals surface area contributed by atoms with E-state index in [-0.39, 0.29) is 12.9 Å². The van der Waals surface area contributed by atoms with Crippen LogP contribution in [0.3, 0.4) is 0 Å². The SMILES string of the molecule is NCC(Oc1ccc2c(c1)OCO2)c1ccccn1. The summed E-state index contributed by atoms with van der Waals surface area (Å²) in [5, 5.41) is 0. The van der Waals surface area contributed by atoms with Crippen LogP contribution >= 0.6 is 0 Å². The van der Waals surface area contributed by atoms with Gasteiger partial charge < -0.3 is 19.9 Å². The maximum atomic E-state index is 5.85. The van der Waals surface area contributed by atoms with E-state index in [0.29, 0.717) is 18.0 Å². The fourth-order valence-electron chi connectivity index (χ4n) is 1.91. The molecule has 1 atom stereocenters. The van der Waals surface area contributed by atoms with Gasteiger partial charge in [0, 0.05) is 18.8 Å². The summed E-state index contributed by atoms with van der Waals surface area (Å²) in [6.45, 7) is 0.602. The van der Waals surface area contributed by atoms with Gasteiger partial charge in [0.25, 0.3) is 0 Å². The minimum atomic E-state index is -0.276. The molecule has 19 heavy (non-hydrogen) atoms. The van der Waals surface area contributed by atoms with E-state index in [4.69, 9.17) is 19.9 Å². The molecule has 0 spiro atoms. The highest BCUT2D eigenvalue weighted by Crippen LogP contribution is 2.36. The van der Waals surface area contributed by atoms with Gasteiger partial charge in [-0.05, 0) is 24.3 Å². The van der Waals surface area contributed by atoms with Gasteiger partial charge in [0.1, 0.15) is 5.75 Å². The Hall–Kier alpha value is -2.27. The molecule has 2 aromatic rings. The number of fused-ring (bicyclic) bond motifs is 1. The zero-order chi connectivity index (χ0) is 13.1. The third-order valence-corrected chi connectivity index (χ3v) is 2.85. The van der Waals surface area contributed by atoms with Crippen LogP contribution in [-0.2, 0) is 0 Å². The third kappa shape index (κ3) is 2.46. The Balaban J connectivity index is 1.80. The Morgan fingerprint density at radius 3 is 2.89 bits per heavy atom. The van der Waals surface area contributed by atoms with E-state index in [9.17, 15) is 0 Å². The van der Waals surface area contributed by atoms with Crippen molar-refractivity contribution in [3.8, 4) is 17.2 Å².